The number of hydrogen-bond donors (Lipinski definition) is 1. The fraction of sp³-hybridized carbons (Fsp3) is 0.156. The normalized spacial score (nSPS) is 11.7. The smallest absolute Gasteiger partial charge is 0.310 e. The number of urea groups is 1. The van der Waals surface area contributed by atoms with E-state index in [0.29, 0.717) is 41.9 Å². The summed E-state index contributed by atoms with van der Waals surface area (Å²) in [7, 11) is 0. The van der Waals surface area contributed by atoms with E-state index in [0.717, 1.165) is 15.6 Å². The Bertz CT molecular complexity index is 1640. The Labute approximate surface area is 236 Å². The number of anilines is 1. The van der Waals surface area contributed by atoms with Crippen molar-refractivity contribution in [3.8, 4) is 0 Å². The summed E-state index contributed by atoms with van der Waals surface area (Å²) in [5.74, 6) is 0.561. The average molecular weight is 582 g/mol. The second kappa shape index (κ2) is 12.1. The molecule has 0 saturated carbocycles. The van der Waals surface area contributed by atoms with Crippen molar-refractivity contribution in [3.63, 3.8) is 0 Å². The van der Waals surface area contributed by atoms with Crippen molar-refractivity contribution < 1.29 is 4.79 Å². The molecule has 0 bridgehead atoms. The molecular formula is C32H29BrN4O2. The fourth-order valence-electron chi connectivity index (χ4n) is 4.77. The van der Waals surface area contributed by atoms with Crippen LogP contribution < -0.4 is 10.9 Å². The van der Waals surface area contributed by atoms with Crippen LogP contribution in [0.25, 0.3) is 10.9 Å². The molecule has 0 fully saturated rings. The van der Waals surface area contributed by atoms with Crippen molar-refractivity contribution in [1.29, 1.82) is 0 Å². The standard InChI is InChI=1S/C32H29BrN4O2/c1-2-29(36(21-23-12-5-3-6-13-23)32(39)34-26-17-11-16-25(33)20-26)30-35-28-19-10-9-18-27(28)31(38)37(30)22-24-14-7-4-8-15-24/h3-20,29H,2,21-22H2,1H3,(H,34,39). The zero-order chi connectivity index (χ0) is 27.2. The van der Waals surface area contributed by atoms with Crippen LogP contribution in [0.5, 0.6) is 0 Å². The minimum absolute atomic E-state index is 0.120. The van der Waals surface area contributed by atoms with Crippen LogP contribution in [0.1, 0.15) is 36.3 Å². The van der Waals surface area contributed by atoms with E-state index in [1.54, 1.807) is 15.5 Å². The number of nitrogens with one attached hydrogen (secondary N) is 1. The van der Waals surface area contributed by atoms with Gasteiger partial charge >= 0.3 is 6.03 Å². The SMILES string of the molecule is CCC(c1nc2ccccc2c(=O)n1Cc1ccccc1)N(Cc1ccccc1)C(=O)Nc1cccc(Br)c1. The van der Waals surface area contributed by atoms with Crippen LogP contribution in [-0.2, 0) is 13.1 Å². The van der Waals surface area contributed by atoms with Crippen LogP contribution in [0.3, 0.4) is 0 Å². The number of amides is 2. The molecule has 0 aliphatic rings. The molecule has 0 aliphatic heterocycles. The van der Waals surface area contributed by atoms with Crippen LogP contribution in [0, 0.1) is 0 Å². The molecule has 5 aromatic rings. The minimum atomic E-state index is -0.460. The highest BCUT2D eigenvalue weighted by Gasteiger charge is 2.29. The zero-order valence-corrected chi connectivity index (χ0v) is 23.2. The third kappa shape index (κ3) is 6.10. The molecule has 1 atom stereocenters. The Balaban J connectivity index is 1.63. The highest BCUT2D eigenvalue weighted by atomic mass is 79.9. The molecule has 1 heterocycles. The largest absolute Gasteiger partial charge is 0.322 e. The van der Waals surface area contributed by atoms with Gasteiger partial charge in [-0.25, -0.2) is 9.78 Å². The van der Waals surface area contributed by atoms with Crippen LogP contribution >= 0.6 is 15.9 Å². The molecule has 0 radical (unpaired) electrons. The zero-order valence-electron chi connectivity index (χ0n) is 21.6. The number of para-hydroxylation sites is 1. The van der Waals surface area contributed by atoms with Crippen LogP contribution in [-0.4, -0.2) is 20.5 Å². The van der Waals surface area contributed by atoms with Gasteiger partial charge in [-0.3, -0.25) is 9.36 Å². The van der Waals surface area contributed by atoms with E-state index in [9.17, 15) is 9.59 Å². The first-order valence-corrected chi connectivity index (χ1v) is 13.7. The third-order valence-electron chi connectivity index (χ3n) is 6.67. The molecule has 2 amide bonds. The lowest BCUT2D eigenvalue weighted by atomic mass is 10.1. The van der Waals surface area contributed by atoms with E-state index in [1.165, 1.54) is 0 Å². The highest BCUT2D eigenvalue weighted by molar-refractivity contribution is 9.10. The second-order valence-corrected chi connectivity index (χ2v) is 10.3. The van der Waals surface area contributed by atoms with Gasteiger partial charge in [-0.1, -0.05) is 102 Å². The summed E-state index contributed by atoms with van der Waals surface area (Å²) in [6.45, 7) is 2.73. The lowest BCUT2D eigenvalue weighted by Crippen LogP contribution is -2.40. The summed E-state index contributed by atoms with van der Waals surface area (Å²) in [6.07, 6.45) is 0.568. The van der Waals surface area contributed by atoms with Gasteiger partial charge in [0.15, 0.2) is 0 Å². The number of rotatable bonds is 8. The van der Waals surface area contributed by atoms with Gasteiger partial charge in [-0.2, -0.15) is 0 Å². The Kier molecular flexibility index (Phi) is 8.18. The number of hydrogen-bond acceptors (Lipinski definition) is 3. The van der Waals surface area contributed by atoms with Crippen LogP contribution in [0.15, 0.2) is 118 Å². The summed E-state index contributed by atoms with van der Waals surface area (Å²) in [5.41, 5.74) is 3.15. The molecule has 0 spiro atoms. The van der Waals surface area contributed by atoms with Crippen molar-refractivity contribution in [3.05, 3.63) is 141 Å². The Morgan fingerprint density at radius 3 is 2.26 bits per heavy atom. The molecule has 39 heavy (non-hydrogen) atoms. The highest BCUT2D eigenvalue weighted by Crippen LogP contribution is 2.28. The molecule has 7 heteroatoms. The van der Waals surface area contributed by atoms with E-state index in [2.05, 4.69) is 21.2 Å². The van der Waals surface area contributed by atoms with E-state index >= 15 is 0 Å². The number of halogens is 1. The molecular weight excluding hydrogens is 552 g/mol. The predicted molar refractivity (Wildman–Crippen MR) is 160 cm³/mol. The minimum Gasteiger partial charge on any atom is -0.310 e. The Hall–Kier alpha value is -4.23. The van der Waals surface area contributed by atoms with E-state index in [-0.39, 0.29) is 11.6 Å². The van der Waals surface area contributed by atoms with Gasteiger partial charge in [0.25, 0.3) is 5.56 Å². The number of nitrogens with zero attached hydrogens (tertiary/aromatic N) is 3. The maximum absolute atomic E-state index is 13.9. The molecule has 0 aliphatic carbocycles. The summed E-state index contributed by atoms with van der Waals surface area (Å²) in [6, 6.07) is 33.9. The van der Waals surface area contributed by atoms with E-state index < -0.39 is 6.04 Å². The van der Waals surface area contributed by atoms with E-state index in [4.69, 9.17) is 4.98 Å². The van der Waals surface area contributed by atoms with Gasteiger partial charge in [-0.05, 0) is 47.9 Å². The molecule has 1 unspecified atom stereocenters. The summed E-state index contributed by atoms with van der Waals surface area (Å²) in [5, 5.41) is 3.61. The number of aromatic nitrogens is 2. The monoisotopic (exact) mass is 580 g/mol. The predicted octanol–water partition coefficient (Wildman–Crippen LogP) is 7.39. The van der Waals surface area contributed by atoms with Gasteiger partial charge in [-0.15, -0.1) is 0 Å². The first-order valence-electron chi connectivity index (χ1n) is 12.9. The van der Waals surface area contributed by atoms with Crippen molar-refractivity contribution in [2.45, 2.75) is 32.5 Å². The molecule has 4 aromatic carbocycles. The molecule has 0 saturated heterocycles. The van der Waals surface area contributed by atoms with Gasteiger partial charge < -0.3 is 10.2 Å². The molecule has 1 N–H and O–H groups in total. The van der Waals surface area contributed by atoms with Crippen molar-refractivity contribution in [1.82, 2.24) is 14.5 Å². The average Bonchev–Trinajstić information content (AvgIpc) is 2.96. The summed E-state index contributed by atoms with van der Waals surface area (Å²) < 4.78 is 2.59. The maximum Gasteiger partial charge on any atom is 0.322 e. The summed E-state index contributed by atoms with van der Waals surface area (Å²) in [4.78, 5) is 34.5. The maximum atomic E-state index is 13.9. The first-order chi connectivity index (χ1) is 19.0. The lowest BCUT2D eigenvalue weighted by Gasteiger charge is -2.32. The van der Waals surface area contributed by atoms with Gasteiger partial charge in [0, 0.05) is 16.7 Å². The molecule has 1 aromatic heterocycles. The summed E-state index contributed by atoms with van der Waals surface area (Å²) >= 11 is 3.48. The lowest BCUT2D eigenvalue weighted by molar-refractivity contribution is 0.176. The molecule has 196 valence electrons. The number of carbonyl (C=O) groups excluding carboxylic acids is 1. The Morgan fingerprint density at radius 2 is 1.56 bits per heavy atom. The molecule has 6 nitrogen and oxygen atoms in total. The number of benzene rings is 4. The fourth-order valence-corrected chi connectivity index (χ4v) is 5.17. The quantitative estimate of drug-likeness (QED) is 0.208. The second-order valence-electron chi connectivity index (χ2n) is 9.34. The van der Waals surface area contributed by atoms with E-state index in [1.807, 2.05) is 110 Å². The van der Waals surface area contributed by atoms with Crippen molar-refractivity contribution in [2.75, 3.05) is 5.32 Å². The van der Waals surface area contributed by atoms with Gasteiger partial charge in [0.2, 0.25) is 0 Å². The number of carbonyl (C=O) groups is 1. The third-order valence-corrected chi connectivity index (χ3v) is 7.16. The van der Waals surface area contributed by atoms with Crippen LogP contribution in [0.4, 0.5) is 10.5 Å². The number of fused-ring (bicyclic) bond motifs is 1. The Morgan fingerprint density at radius 1 is 0.897 bits per heavy atom. The van der Waals surface area contributed by atoms with Gasteiger partial charge in [0.05, 0.1) is 23.5 Å². The first kappa shape index (κ1) is 26.4. The van der Waals surface area contributed by atoms with Gasteiger partial charge in [0.1, 0.15) is 5.82 Å². The van der Waals surface area contributed by atoms with Crippen molar-refractivity contribution >= 4 is 38.6 Å². The van der Waals surface area contributed by atoms with Crippen LogP contribution in [0.2, 0.25) is 0 Å². The van der Waals surface area contributed by atoms with Crippen molar-refractivity contribution in [2.24, 2.45) is 0 Å². The topological polar surface area (TPSA) is 67.2 Å². The molecule has 5 rings (SSSR count).